The molecule has 0 bridgehead atoms. The zero-order valence-corrected chi connectivity index (χ0v) is 14.0. The first kappa shape index (κ1) is 13.6. The Hall–Kier alpha value is 0.170. The summed E-state index contributed by atoms with van der Waals surface area (Å²) in [5.41, 5.74) is 1.25. The van der Waals surface area contributed by atoms with Gasteiger partial charge in [0.15, 0.2) is 0 Å². The number of hydrogen-bond acceptors (Lipinski definition) is 1. The van der Waals surface area contributed by atoms with Crippen LogP contribution in [-0.4, -0.2) is 0 Å². The van der Waals surface area contributed by atoms with Crippen molar-refractivity contribution in [3.63, 3.8) is 0 Å². The van der Waals surface area contributed by atoms with Crippen LogP contribution >= 0.6 is 54.8 Å². The zero-order chi connectivity index (χ0) is 12.4. The van der Waals surface area contributed by atoms with E-state index in [1.165, 1.54) is 15.3 Å². The van der Waals surface area contributed by atoms with E-state index < -0.39 is 0 Å². The summed E-state index contributed by atoms with van der Waals surface area (Å²) in [6.07, 6.45) is 0.855. The highest BCUT2D eigenvalue weighted by molar-refractivity contribution is 9.10. The van der Waals surface area contributed by atoms with E-state index in [1.807, 2.05) is 12.1 Å². The van der Waals surface area contributed by atoms with Crippen LogP contribution in [0.15, 0.2) is 39.3 Å². The average Bonchev–Trinajstić information content (AvgIpc) is 2.59. The number of thiophene rings is 1. The molecule has 0 aliphatic carbocycles. The molecule has 1 aromatic carbocycles. The van der Waals surface area contributed by atoms with E-state index in [9.17, 15) is 0 Å². The van der Waals surface area contributed by atoms with Crippen LogP contribution in [0, 0.1) is 6.92 Å². The lowest BCUT2D eigenvalue weighted by molar-refractivity contribution is 0.938. The molecule has 0 nitrogen and oxygen atoms in total. The second-order valence-corrected chi connectivity index (χ2v) is 7.44. The Morgan fingerprint density at radius 2 is 2.06 bits per heavy atom. The fraction of sp³-hybridized carbons (Fsp3) is 0.231. The normalized spacial score (nSPS) is 12.7. The maximum atomic E-state index is 6.45. The summed E-state index contributed by atoms with van der Waals surface area (Å²) in [6, 6.07) is 10.4. The average molecular weight is 395 g/mol. The molecular weight excluding hydrogens is 383 g/mol. The van der Waals surface area contributed by atoms with Crippen LogP contribution in [0.25, 0.3) is 0 Å². The topological polar surface area (TPSA) is 0 Å². The minimum absolute atomic E-state index is 0.0410. The van der Waals surface area contributed by atoms with Gasteiger partial charge in [0.25, 0.3) is 0 Å². The number of rotatable bonds is 3. The van der Waals surface area contributed by atoms with Gasteiger partial charge in [0.2, 0.25) is 0 Å². The summed E-state index contributed by atoms with van der Waals surface area (Å²) in [5, 5.41) is 0.0410. The summed E-state index contributed by atoms with van der Waals surface area (Å²) >= 11 is 15.2. The monoisotopic (exact) mass is 392 g/mol. The Labute approximate surface area is 127 Å². The van der Waals surface area contributed by atoms with E-state index in [-0.39, 0.29) is 5.38 Å². The standard InChI is InChI=1S/C13H11Br2ClS/c1-8-11(15)7-13(17-8)12(16)6-9-3-2-4-10(14)5-9/h2-5,7,12H,6H2,1H3. The van der Waals surface area contributed by atoms with E-state index >= 15 is 0 Å². The molecule has 0 N–H and O–H groups in total. The highest BCUT2D eigenvalue weighted by Gasteiger charge is 2.13. The van der Waals surface area contributed by atoms with Crippen LogP contribution in [0.2, 0.25) is 0 Å². The summed E-state index contributed by atoms with van der Waals surface area (Å²) < 4.78 is 2.25. The molecule has 0 saturated carbocycles. The van der Waals surface area contributed by atoms with Gasteiger partial charge < -0.3 is 0 Å². The maximum Gasteiger partial charge on any atom is 0.0719 e. The van der Waals surface area contributed by atoms with E-state index in [2.05, 4.69) is 57.0 Å². The van der Waals surface area contributed by atoms with Crippen LogP contribution in [0.1, 0.15) is 20.7 Å². The number of alkyl halides is 1. The van der Waals surface area contributed by atoms with E-state index in [4.69, 9.17) is 11.6 Å². The first-order chi connectivity index (χ1) is 8.06. The predicted octanol–water partition coefficient (Wildman–Crippen LogP) is 6.10. The third kappa shape index (κ3) is 3.57. The lowest BCUT2D eigenvalue weighted by Crippen LogP contribution is -1.93. The molecule has 0 fully saturated rings. The third-order valence-electron chi connectivity index (χ3n) is 2.49. The highest BCUT2D eigenvalue weighted by Crippen LogP contribution is 2.35. The minimum Gasteiger partial charge on any atom is -0.143 e. The van der Waals surface area contributed by atoms with Crippen molar-refractivity contribution in [1.82, 2.24) is 0 Å². The molecule has 1 aromatic heterocycles. The largest absolute Gasteiger partial charge is 0.143 e. The molecule has 0 saturated heterocycles. The third-order valence-corrected chi connectivity index (χ3v) is 5.75. The van der Waals surface area contributed by atoms with Crippen molar-refractivity contribution in [3.05, 3.63) is 54.6 Å². The molecule has 0 amide bonds. The number of aryl methyl sites for hydroxylation is 1. The fourth-order valence-corrected chi connectivity index (χ4v) is 3.97. The molecule has 90 valence electrons. The summed E-state index contributed by atoms with van der Waals surface area (Å²) in [7, 11) is 0. The van der Waals surface area contributed by atoms with Gasteiger partial charge in [0.1, 0.15) is 0 Å². The fourth-order valence-electron chi connectivity index (χ4n) is 1.61. The number of halogens is 3. The van der Waals surface area contributed by atoms with Gasteiger partial charge in [-0.25, -0.2) is 0 Å². The second kappa shape index (κ2) is 5.87. The smallest absolute Gasteiger partial charge is 0.0719 e. The molecule has 0 spiro atoms. The van der Waals surface area contributed by atoms with Crippen molar-refractivity contribution in [2.75, 3.05) is 0 Å². The predicted molar refractivity (Wildman–Crippen MR) is 83.2 cm³/mol. The Bertz CT molecular complexity index is 502. The lowest BCUT2D eigenvalue weighted by atomic mass is 10.1. The zero-order valence-electron chi connectivity index (χ0n) is 9.21. The van der Waals surface area contributed by atoms with Crippen LogP contribution in [0.5, 0.6) is 0 Å². The molecule has 0 aliphatic heterocycles. The molecule has 0 aliphatic rings. The van der Waals surface area contributed by atoms with Crippen LogP contribution in [-0.2, 0) is 6.42 Å². The van der Waals surface area contributed by atoms with Crippen LogP contribution in [0.3, 0.4) is 0 Å². The molecule has 2 aromatic rings. The minimum atomic E-state index is 0.0410. The van der Waals surface area contributed by atoms with Crippen LogP contribution < -0.4 is 0 Å². The van der Waals surface area contributed by atoms with Crippen LogP contribution in [0.4, 0.5) is 0 Å². The van der Waals surface area contributed by atoms with Gasteiger partial charge in [-0.3, -0.25) is 0 Å². The molecule has 2 rings (SSSR count). The van der Waals surface area contributed by atoms with Gasteiger partial charge in [-0.15, -0.1) is 22.9 Å². The molecule has 0 radical (unpaired) electrons. The van der Waals surface area contributed by atoms with Gasteiger partial charge in [-0.2, -0.15) is 0 Å². The molecule has 1 atom stereocenters. The van der Waals surface area contributed by atoms with Gasteiger partial charge >= 0.3 is 0 Å². The number of hydrogen-bond donors (Lipinski definition) is 0. The van der Waals surface area contributed by atoms with Crippen molar-refractivity contribution >= 4 is 54.8 Å². The Morgan fingerprint density at radius 3 is 2.65 bits per heavy atom. The second-order valence-electron chi connectivity index (χ2n) is 3.85. The van der Waals surface area contributed by atoms with Gasteiger partial charge in [-0.05, 0) is 53.0 Å². The molecular formula is C13H11Br2ClS. The molecule has 1 unspecified atom stereocenters. The Balaban J connectivity index is 2.14. The molecule has 17 heavy (non-hydrogen) atoms. The van der Waals surface area contributed by atoms with Gasteiger partial charge in [0, 0.05) is 18.7 Å². The lowest BCUT2D eigenvalue weighted by Gasteiger charge is -2.07. The molecule has 1 heterocycles. The maximum absolute atomic E-state index is 6.45. The van der Waals surface area contributed by atoms with E-state index in [0.717, 1.165) is 15.4 Å². The number of benzene rings is 1. The quantitative estimate of drug-likeness (QED) is 0.552. The Kier molecular flexibility index (Phi) is 4.70. The highest BCUT2D eigenvalue weighted by atomic mass is 79.9. The van der Waals surface area contributed by atoms with E-state index in [0.29, 0.717) is 0 Å². The Morgan fingerprint density at radius 1 is 1.29 bits per heavy atom. The van der Waals surface area contributed by atoms with Crippen molar-refractivity contribution in [2.45, 2.75) is 18.7 Å². The first-order valence-corrected chi connectivity index (χ1v) is 8.04. The SMILES string of the molecule is Cc1sc(C(Cl)Cc2cccc(Br)c2)cc1Br. The van der Waals surface area contributed by atoms with Gasteiger partial charge in [-0.1, -0.05) is 28.1 Å². The van der Waals surface area contributed by atoms with E-state index in [1.54, 1.807) is 11.3 Å². The van der Waals surface area contributed by atoms with Crippen molar-refractivity contribution in [3.8, 4) is 0 Å². The van der Waals surface area contributed by atoms with Gasteiger partial charge in [0.05, 0.1) is 5.38 Å². The van der Waals surface area contributed by atoms with Crippen molar-refractivity contribution in [1.29, 1.82) is 0 Å². The summed E-state index contributed by atoms with van der Waals surface area (Å²) in [4.78, 5) is 2.50. The van der Waals surface area contributed by atoms with Crippen molar-refractivity contribution < 1.29 is 0 Å². The van der Waals surface area contributed by atoms with Crippen molar-refractivity contribution in [2.24, 2.45) is 0 Å². The summed E-state index contributed by atoms with van der Waals surface area (Å²) in [6.45, 7) is 2.10. The molecule has 4 heteroatoms. The first-order valence-electron chi connectivity index (χ1n) is 5.20. The summed E-state index contributed by atoms with van der Waals surface area (Å²) in [5.74, 6) is 0.